The van der Waals surface area contributed by atoms with Gasteiger partial charge in [0.15, 0.2) is 0 Å². The zero-order chi connectivity index (χ0) is 23.5. The maximum atomic E-state index is 13.3. The second kappa shape index (κ2) is 9.20. The molecule has 6 nitrogen and oxygen atoms in total. The van der Waals surface area contributed by atoms with Crippen LogP contribution >= 0.6 is 0 Å². The average Bonchev–Trinajstić information content (AvgIpc) is 2.87. The van der Waals surface area contributed by atoms with Crippen molar-refractivity contribution in [3.8, 4) is 11.1 Å². The van der Waals surface area contributed by atoms with Crippen molar-refractivity contribution >= 4 is 23.4 Å². The van der Waals surface area contributed by atoms with Gasteiger partial charge in [0, 0.05) is 11.6 Å². The van der Waals surface area contributed by atoms with E-state index in [-0.39, 0.29) is 24.3 Å². The van der Waals surface area contributed by atoms with Gasteiger partial charge in [-0.15, -0.1) is 0 Å². The number of halogens is 2. The maximum absolute atomic E-state index is 13.3. The molecule has 0 bridgehead atoms. The Balaban J connectivity index is 1.48. The van der Waals surface area contributed by atoms with E-state index in [0.717, 1.165) is 28.8 Å². The molecule has 168 valence electrons. The average molecular weight is 449 g/mol. The van der Waals surface area contributed by atoms with E-state index in [4.69, 9.17) is 0 Å². The van der Waals surface area contributed by atoms with Gasteiger partial charge < -0.3 is 5.32 Å². The summed E-state index contributed by atoms with van der Waals surface area (Å²) >= 11 is 0. The molecule has 3 aromatic rings. The second-order valence-electron chi connectivity index (χ2n) is 7.80. The van der Waals surface area contributed by atoms with Crippen molar-refractivity contribution in [3.05, 3.63) is 89.5 Å². The summed E-state index contributed by atoms with van der Waals surface area (Å²) in [5.41, 5.74) is 5.81. The Hall–Kier alpha value is -4.07. The first-order chi connectivity index (χ1) is 15.8. The molecule has 8 heteroatoms. The smallest absolute Gasteiger partial charge is 0.261 e. The predicted octanol–water partition coefficient (Wildman–Crippen LogP) is 3.30. The maximum Gasteiger partial charge on any atom is 0.261 e. The second-order valence-corrected chi connectivity index (χ2v) is 7.80. The standard InChI is InChI=1S/C25H21F2N3O3/c1-15(28-23(31)12-16-10-18(26)14-19(27)11-16)25(33)29-30-22-9-5-4-8-21(22)20-7-3-2-6-17(20)13-24(30)32/h2-11,14-15H,12-13H2,1H3,(H,28,31)(H,29,33)/t15-/m0/s1. The van der Waals surface area contributed by atoms with Crippen LogP contribution in [0.4, 0.5) is 14.5 Å². The van der Waals surface area contributed by atoms with Crippen LogP contribution in [-0.4, -0.2) is 23.8 Å². The van der Waals surface area contributed by atoms with Crippen molar-refractivity contribution in [3.63, 3.8) is 0 Å². The largest absolute Gasteiger partial charge is 0.344 e. The molecule has 0 saturated carbocycles. The van der Waals surface area contributed by atoms with Crippen LogP contribution in [0.25, 0.3) is 11.1 Å². The number of fused-ring (bicyclic) bond motifs is 3. The zero-order valence-corrected chi connectivity index (χ0v) is 17.8. The van der Waals surface area contributed by atoms with E-state index >= 15 is 0 Å². The Morgan fingerprint density at radius 2 is 1.61 bits per heavy atom. The summed E-state index contributed by atoms with van der Waals surface area (Å²) in [5, 5.41) is 3.69. The molecule has 0 saturated heterocycles. The van der Waals surface area contributed by atoms with Gasteiger partial charge in [0.1, 0.15) is 17.7 Å². The molecule has 4 rings (SSSR count). The highest BCUT2D eigenvalue weighted by molar-refractivity contribution is 6.04. The fraction of sp³-hybridized carbons (Fsp3) is 0.160. The minimum atomic E-state index is -0.999. The minimum absolute atomic E-state index is 0.0943. The van der Waals surface area contributed by atoms with Gasteiger partial charge in [-0.3, -0.25) is 19.8 Å². The van der Waals surface area contributed by atoms with Crippen LogP contribution in [0.3, 0.4) is 0 Å². The number of rotatable bonds is 5. The predicted molar refractivity (Wildman–Crippen MR) is 119 cm³/mol. The molecule has 0 aromatic heterocycles. The van der Waals surface area contributed by atoms with Crippen LogP contribution < -0.4 is 15.8 Å². The summed E-state index contributed by atoms with van der Waals surface area (Å²) in [4.78, 5) is 38.1. The topological polar surface area (TPSA) is 78.5 Å². The molecule has 1 aliphatic heterocycles. The Kier molecular flexibility index (Phi) is 6.17. The number of para-hydroxylation sites is 1. The quantitative estimate of drug-likeness (QED) is 0.628. The normalized spacial score (nSPS) is 13.4. The number of nitrogens with one attached hydrogen (secondary N) is 2. The van der Waals surface area contributed by atoms with Gasteiger partial charge in [-0.25, -0.2) is 13.8 Å². The highest BCUT2D eigenvalue weighted by atomic mass is 19.1. The number of hydrazine groups is 1. The summed E-state index contributed by atoms with van der Waals surface area (Å²) in [7, 11) is 0. The van der Waals surface area contributed by atoms with Crippen LogP contribution in [0.5, 0.6) is 0 Å². The first-order valence-electron chi connectivity index (χ1n) is 10.4. The summed E-state index contributed by atoms with van der Waals surface area (Å²) in [6, 6.07) is 16.6. The number of nitrogens with zero attached hydrogens (tertiary/aromatic N) is 1. The Bertz CT molecular complexity index is 1220. The number of hydrogen-bond acceptors (Lipinski definition) is 3. The van der Waals surface area contributed by atoms with E-state index in [9.17, 15) is 23.2 Å². The SMILES string of the molecule is C[C@H](NC(=O)Cc1cc(F)cc(F)c1)C(=O)NN1C(=O)Cc2ccccc2-c2ccccc21. The van der Waals surface area contributed by atoms with Crippen LogP contribution in [0, 0.1) is 11.6 Å². The summed E-state index contributed by atoms with van der Waals surface area (Å²) in [6.07, 6.45) is -0.204. The van der Waals surface area contributed by atoms with Crippen molar-refractivity contribution in [2.24, 2.45) is 0 Å². The molecule has 0 fully saturated rings. The van der Waals surface area contributed by atoms with Crippen LogP contribution in [0.2, 0.25) is 0 Å². The highest BCUT2D eigenvalue weighted by Gasteiger charge is 2.28. The van der Waals surface area contributed by atoms with E-state index in [0.29, 0.717) is 11.8 Å². The fourth-order valence-electron chi connectivity index (χ4n) is 3.80. The first-order valence-corrected chi connectivity index (χ1v) is 10.4. The number of carbonyl (C=O) groups is 3. The molecular formula is C25H21F2N3O3. The lowest BCUT2D eigenvalue weighted by atomic mass is 9.98. The fourth-order valence-corrected chi connectivity index (χ4v) is 3.80. The summed E-state index contributed by atoms with van der Waals surface area (Å²) < 4.78 is 26.7. The molecule has 3 amide bonds. The lowest BCUT2D eigenvalue weighted by molar-refractivity contribution is -0.129. The van der Waals surface area contributed by atoms with E-state index in [1.54, 1.807) is 12.1 Å². The van der Waals surface area contributed by atoms with Gasteiger partial charge in [-0.1, -0.05) is 42.5 Å². The van der Waals surface area contributed by atoms with Gasteiger partial charge >= 0.3 is 0 Å². The number of hydrogen-bond donors (Lipinski definition) is 2. The number of benzene rings is 3. The van der Waals surface area contributed by atoms with E-state index in [2.05, 4.69) is 10.7 Å². The molecule has 1 heterocycles. The van der Waals surface area contributed by atoms with Crippen LogP contribution in [0.15, 0.2) is 66.7 Å². The first kappa shape index (κ1) is 22.1. The summed E-state index contributed by atoms with van der Waals surface area (Å²) in [6.45, 7) is 1.46. The molecule has 1 aliphatic rings. The molecular weight excluding hydrogens is 428 g/mol. The third-order valence-corrected chi connectivity index (χ3v) is 5.32. The van der Waals surface area contributed by atoms with Crippen molar-refractivity contribution in [2.75, 3.05) is 5.01 Å². The Morgan fingerprint density at radius 1 is 0.970 bits per heavy atom. The summed E-state index contributed by atoms with van der Waals surface area (Å²) in [5.74, 6) is -3.10. The van der Waals surface area contributed by atoms with E-state index in [1.807, 2.05) is 36.4 Å². The minimum Gasteiger partial charge on any atom is -0.344 e. The Labute approximate surface area is 189 Å². The van der Waals surface area contributed by atoms with Crippen molar-refractivity contribution < 1.29 is 23.2 Å². The van der Waals surface area contributed by atoms with Gasteiger partial charge in [0.05, 0.1) is 18.5 Å². The van der Waals surface area contributed by atoms with Crippen molar-refractivity contribution in [1.29, 1.82) is 0 Å². The Morgan fingerprint density at radius 3 is 2.33 bits per heavy atom. The highest BCUT2D eigenvalue weighted by Crippen LogP contribution is 2.35. The van der Waals surface area contributed by atoms with Gasteiger partial charge in [0.2, 0.25) is 11.8 Å². The molecule has 0 unspecified atom stereocenters. The molecule has 2 N–H and O–H groups in total. The third kappa shape index (κ3) is 4.90. The zero-order valence-electron chi connectivity index (χ0n) is 17.8. The van der Waals surface area contributed by atoms with Gasteiger partial charge in [0.25, 0.3) is 5.91 Å². The van der Waals surface area contributed by atoms with Gasteiger partial charge in [-0.05, 0) is 41.8 Å². The molecule has 3 aromatic carbocycles. The molecule has 33 heavy (non-hydrogen) atoms. The monoisotopic (exact) mass is 449 g/mol. The number of carbonyl (C=O) groups excluding carboxylic acids is 3. The van der Waals surface area contributed by atoms with Crippen LogP contribution in [0.1, 0.15) is 18.1 Å². The number of amides is 3. The van der Waals surface area contributed by atoms with E-state index in [1.165, 1.54) is 11.9 Å². The van der Waals surface area contributed by atoms with Crippen molar-refractivity contribution in [1.82, 2.24) is 10.7 Å². The number of anilines is 1. The molecule has 1 atom stereocenters. The lowest BCUT2D eigenvalue weighted by Crippen LogP contribution is -2.54. The van der Waals surface area contributed by atoms with Crippen LogP contribution in [-0.2, 0) is 27.2 Å². The van der Waals surface area contributed by atoms with Gasteiger partial charge in [-0.2, -0.15) is 0 Å². The van der Waals surface area contributed by atoms with E-state index < -0.39 is 29.5 Å². The third-order valence-electron chi connectivity index (χ3n) is 5.32. The molecule has 0 aliphatic carbocycles. The van der Waals surface area contributed by atoms with Crippen molar-refractivity contribution in [2.45, 2.75) is 25.8 Å². The lowest BCUT2D eigenvalue weighted by Gasteiger charge is -2.25. The molecule has 0 radical (unpaired) electrons. The molecule has 0 spiro atoms.